The number of likely N-dealkylation sites (tertiary alicyclic amines) is 1. The summed E-state index contributed by atoms with van der Waals surface area (Å²) in [7, 11) is 1.50. The highest BCUT2D eigenvalue weighted by Gasteiger charge is 2.52. The van der Waals surface area contributed by atoms with Crippen LogP contribution in [0.3, 0.4) is 0 Å². The van der Waals surface area contributed by atoms with Crippen LogP contribution in [0.15, 0.2) is 42.5 Å². The molecule has 3 N–H and O–H groups in total. The summed E-state index contributed by atoms with van der Waals surface area (Å²) in [6.45, 7) is 4.14. The van der Waals surface area contributed by atoms with Crippen LogP contribution in [0.1, 0.15) is 62.1 Å². The fraction of sp³-hybridized carbons (Fsp3) is 0.556. The van der Waals surface area contributed by atoms with Gasteiger partial charge in [-0.3, -0.25) is 19.3 Å². The zero-order valence-corrected chi connectivity index (χ0v) is 27.4. The summed E-state index contributed by atoms with van der Waals surface area (Å²) in [4.78, 5) is 52.6. The highest BCUT2D eigenvalue weighted by Crippen LogP contribution is 2.47. The molecule has 3 aliphatic rings. The molecule has 0 bridgehead atoms. The molecule has 0 amide bonds. The fourth-order valence-electron chi connectivity index (χ4n) is 7.93. The van der Waals surface area contributed by atoms with Gasteiger partial charge in [-0.2, -0.15) is 0 Å². The van der Waals surface area contributed by atoms with Crippen molar-refractivity contribution in [2.45, 2.75) is 83.3 Å². The first-order valence-corrected chi connectivity index (χ1v) is 16.7. The molecule has 2 heterocycles. The largest absolute Gasteiger partial charge is 0.493 e. The minimum Gasteiger partial charge on any atom is -0.493 e. The van der Waals surface area contributed by atoms with Crippen molar-refractivity contribution in [2.24, 2.45) is 23.7 Å². The second-order valence-corrected chi connectivity index (χ2v) is 13.1. The number of methoxy groups -OCH3 is 1. The van der Waals surface area contributed by atoms with E-state index in [-0.39, 0.29) is 6.61 Å². The molecule has 0 spiro atoms. The van der Waals surface area contributed by atoms with E-state index in [1.165, 1.54) is 7.11 Å². The molecule has 1 aliphatic carbocycles. The molecular formula is C36H45NO11. The Labute approximate surface area is 279 Å². The first-order chi connectivity index (χ1) is 23.1. The number of piperidine rings is 1. The van der Waals surface area contributed by atoms with E-state index >= 15 is 0 Å². The smallest absolute Gasteiger partial charge is 0.336 e. The average Bonchev–Trinajstić information content (AvgIpc) is 3.05. The number of hydrogen-bond donors (Lipinski definition) is 3. The Morgan fingerprint density at radius 3 is 2.25 bits per heavy atom. The highest BCUT2D eigenvalue weighted by atomic mass is 16.7. The topological polar surface area (TPSA) is 169 Å². The SMILES string of the molecule is CCCN1CCC[C@@H]2Cc3c(ccc(OC)c3O[C@@H]3O[C@H](C(=O)OCc4ccccc4)[C@@H](CC(=O)O)[C@H](CC(=O)O)[C@H]3CC(=O)O)C[C@H]21. The second-order valence-electron chi connectivity index (χ2n) is 13.1. The summed E-state index contributed by atoms with van der Waals surface area (Å²) in [5.74, 6) is -6.93. The van der Waals surface area contributed by atoms with Crippen LogP contribution in [-0.4, -0.2) is 82.7 Å². The van der Waals surface area contributed by atoms with E-state index in [0.717, 1.165) is 49.9 Å². The van der Waals surface area contributed by atoms with Gasteiger partial charge in [0.2, 0.25) is 6.29 Å². The third kappa shape index (κ3) is 8.10. The Kier molecular flexibility index (Phi) is 11.6. The molecule has 0 aromatic heterocycles. The zero-order valence-electron chi connectivity index (χ0n) is 27.4. The summed E-state index contributed by atoms with van der Waals surface area (Å²) in [5, 5.41) is 29.7. The van der Waals surface area contributed by atoms with Gasteiger partial charge >= 0.3 is 23.9 Å². The number of carbonyl (C=O) groups is 4. The fourth-order valence-corrected chi connectivity index (χ4v) is 7.93. The monoisotopic (exact) mass is 667 g/mol. The van der Waals surface area contributed by atoms with Gasteiger partial charge in [0.15, 0.2) is 17.6 Å². The molecule has 12 nitrogen and oxygen atoms in total. The Hall–Kier alpha value is -4.16. The van der Waals surface area contributed by atoms with Crippen molar-refractivity contribution in [3.05, 3.63) is 59.2 Å². The molecule has 0 saturated carbocycles. The van der Waals surface area contributed by atoms with E-state index in [0.29, 0.717) is 35.4 Å². The lowest BCUT2D eigenvalue weighted by atomic mass is 9.71. The van der Waals surface area contributed by atoms with Gasteiger partial charge < -0.3 is 34.3 Å². The predicted octanol–water partition coefficient (Wildman–Crippen LogP) is 4.40. The van der Waals surface area contributed by atoms with Crippen LogP contribution in [0.4, 0.5) is 0 Å². The van der Waals surface area contributed by atoms with E-state index in [2.05, 4.69) is 11.8 Å². The lowest BCUT2D eigenvalue weighted by Crippen LogP contribution is -2.54. The van der Waals surface area contributed by atoms with E-state index in [1.807, 2.05) is 12.1 Å². The number of esters is 1. The minimum atomic E-state index is -1.53. The molecule has 48 heavy (non-hydrogen) atoms. The molecule has 2 aromatic rings. The molecule has 12 heteroatoms. The second kappa shape index (κ2) is 15.8. The van der Waals surface area contributed by atoms with E-state index in [1.54, 1.807) is 30.3 Å². The summed E-state index contributed by atoms with van der Waals surface area (Å²) < 4.78 is 24.1. The van der Waals surface area contributed by atoms with Gasteiger partial charge in [-0.05, 0) is 74.2 Å². The van der Waals surface area contributed by atoms with Gasteiger partial charge in [-0.25, -0.2) is 4.79 Å². The van der Waals surface area contributed by atoms with Crippen LogP contribution in [0.5, 0.6) is 11.5 Å². The van der Waals surface area contributed by atoms with Gasteiger partial charge in [-0.15, -0.1) is 0 Å². The molecule has 7 atom stereocenters. The van der Waals surface area contributed by atoms with Crippen molar-refractivity contribution < 1.29 is 53.4 Å². The Morgan fingerprint density at radius 2 is 1.58 bits per heavy atom. The quantitative estimate of drug-likeness (QED) is 0.243. The predicted molar refractivity (Wildman–Crippen MR) is 172 cm³/mol. The van der Waals surface area contributed by atoms with Crippen molar-refractivity contribution in [1.82, 2.24) is 4.90 Å². The molecule has 2 saturated heterocycles. The molecule has 2 fully saturated rings. The number of fused-ring (bicyclic) bond motifs is 2. The lowest BCUT2D eigenvalue weighted by molar-refractivity contribution is -0.235. The number of rotatable bonds is 14. The van der Waals surface area contributed by atoms with Gasteiger partial charge in [0.05, 0.1) is 20.0 Å². The maximum Gasteiger partial charge on any atom is 0.336 e. The number of ether oxygens (including phenoxy) is 4. The van der Waals surface area contributed by atoms with Gasteiger partial charge in [0.25, 0.3) is 0 Å². The van der Waals surface area contributed by atoms with Crippen molar-refractivity contribution in [3.8, 4) is 11.5 Å². The zero-order chi connectivity index (χ0) is 34.4. The molecule has 5 rings (SSSR count). The third-order valence-electron chi connectivity index (χ3n) is 10.0. The summed E-state index contributed by atoms with van der Waals surface area (Å²) in [6, 6.07) is 13.1. The van der Waals surface area contributed by atoms with E-state index in [4.69, 9.17) is 18.9 Å². The Balaban J connectivity index is 1.52. The number of benzene rings is 2. The maximum atomic E-state index is 13.6. The van der Waals surface area contributed by atoms with E-state index < -0.39 is 73.3 Å². The third-order valence-corrected chi connectivity index (χ3v) is 10.0. The molecule has 260 valence electrons. The number of hydrogen-bond acceptors (Lipinski definition) is 9. The van der Waals surface area contributed by atoms with Crippen LogP contribution in [-0.2, 0) is 48.1 Å². The Morgan fingerprint density at radius 1 is 0.896 bits per heavy atom. The van der Waals surface area contributed by atoms with Crippen LogP contribution in [0.2, 0.25) is 0 Å². The van der Waals surface area contributed by atoms with Crippen LogP contribution < -0.4 is 9.47 Å². The minimum absolute atomic E-state index is 0.120. The first-order valence-electron chi connectivity index (χ1n) is 16.7. The van der Waals surface area contributed by atoms with Crippen LogP contribution >= 0.6 is 0 Å². The number of aliphatic carboxylic acids is 3. The first kappa shape index (κ1) is 35.2. The van der Waals surface area contributed by atoms with Gasteiger partial charge in [0.1, 0.15) is 6.61 Å². The number of carbonyl (C=O) groups excluding carboxylic acids is 1. The number of nitrogens with zero attached hydrogens (tertiary/aromatic N) is 1. The molecule has 0 radical (unpaired) electrons. The molecule has 2 aromatic carbocycles. The highest BCUT2D eigenvalue weighted by molar-refractivity contribution is 5.78. The molecular weight excluding hydrogens is 622 g/mol. The summed E-state index contributed by atoms with van der Waals surface area (Å²) in [5.41, 5.74) is 2.68. The standard InChI is InChI=1S/C36H45NO11/c1-3-13-37-14-7-10-23-15-24-22(16-28(23)37)11-12-29(45-2)33(24)47-36-27(19-32(42)43)25(17-30(38)39)26(18-31(40)41)34(48-36)35(44)46-20-21-8-5-4-6-9-21/h4-6,8-9,11-12,23,25-28,34,36H,3,7,10,13-20H2,1-2H3,(H,38,39)(H,40,41)(H,42,43)/t23-,25+,26+,27-,28-,34+,36-/m1/s1. The van der Waals surface area contributed by atoms with Crippen LogP contribution in [0.25, 0.3) is 0 Å². The Bertz CT molecular complexity index is 1460. The summed E-state index contributed by atoms with van der Waals surface area (Å²) in [6.07, 6.45) is -0.0353. The average molecular weight is 668 g/mol. The normalized spacial score (nSPS) is 26.8. The molecule has 0 unspecified atom stereocenters. The van der Waals surface area contributed by atoms with E-state index in [9.17, 15) is 34.5 Å². The molecule has 2 aliphatic heterocycles. The lowest BCUT2D eigenvalue weighted by Gasteiger charge is -2.46. The number of carboxylic acids is 3. The van der Waals surface area contributed by atoms with Crippen molar-refractivity contribution in [3.63, 3.8) is 0 Å². The van der Waals surface area contributed by atoms with Gasteiger partial charge in [0, 0.05) is 29.9 Å². The number of carboxylic acid groups (broad SMARTS) is 3. The van der Waals surface area contributed by atoms with Crippen molar-refractivity contribution >= 4 is 23.9 Å². The van der Waals surface area contributed by atoms with Gasteiger partial charge in [-0.1, -0.05) is 43.3 Å². The van der Waals surface area contributed by atoms with Crippen molar-refractivity contribution in [2.75, 3.05) is 20.2 Å². The van der Waals surface area contributed by atoms with Crippen molar-refractivity contribution in [1.29, 1.82) is 0 Å². The summed E-state index contributed by atoms with van der Waals surface area (Å²) >= 11 is 0. The van der Waals surface area contributed by atoms with Crippen LogP contribution in [0, 0.1) is 23.7 Å². The maximum absolute atomic E-state index is 13.6.